The highest BCUT2D eigenvalue weighted by Gasteiger charge is 2.32. The monoisotopic (exact) mass is 224 g/mol. The zero-order chi connectivity index (χ0) is 11.5. The third-order valence-corrected chi connectivity index (χ3v) is 2.45. The van der Waals surface area contributed by atoms with Gasteiger partial charge in [0.25, 0.3) is 0 Å². The molecule has 1 unspecified atom stereocenters. The molecule has 0 aromatic rings. The predicted molar refractivity (Wildman–Crippen MR) is 49.3 cm³/mol. The molecule has 6 heteroatoms. The van der Waals surface area contributed by atoms with Crippen molar-refractivity contribution in [2.75, 3.05) is 13.1 Å². The second-order valence-electron chi connectivity index (χ2n) is 4.15. The summed E-state index contributed by atoms with van der Waals surface area (Å²) in [5, 5.41) is 5.68. The van der Waals surface area contributed by atoms with Crippen molar-refractivity contribution in [3.05, 3.63) is 0 Å². The van der Waals surface area contributed by atoms with E-state index in [4.69, 9.17) is 0 Å². The lowest BCUT2D eigenvalue weighted by molar-refractivity contribution is -0.144. The maximum Gasteiger partial charge on any atom is 0.389 e. The lowest BCUT2D eigenvalue weighted by Gasteiger charge is -2.24. The number of amides is 1. The molecular formula is C9H15F3N2O. The van der Waals surface area contributed by atoms with Gasteiger partial charge >= 0.3 is 6.18 Å². The van der Waals surface area contributed by atoms with Gasteiger partial charge in [-0.3, -0.25) is 4.79 Å². The van der Waals surface area contributed by atoms with Gasteiger partial charge in [-0.15, -0.1) is 0 Å². The van der Waals surface area contributed by atoms with Crippen molar-refractivity contribution < 1.29 is 18.0 Å². The van der Waals surface area contributed by atoms with Crippen LogP contribution in [-0.2, 0) is 4.79 Å². The van der Waals surface area contributed by atoms with Crippen LogP contribution >= 0.6 is 0 Å². The fraction of sp³-hybridized carbons (Fsp3) is 0.889. The third kappa shape index (κ3) is 4.51. The number of hydrogen-bond donors (Lipinski definition) is 2. The molecule has 3 nitrogen and oxygen atoms in total. The average molecular weight is 224 g/mol. The molecule has 0 aliphatic carbocycles. The summed E-state index contributed by atoms with van der Waals surface area (Å²) in [6, 6.07) is 0. The van der Waals surface area contributed by atoms with Gasteiger partial charge < -0.3 is 10.6 Å². The van der Waals surface area contributed by atoms with E-state index in [1.807, 2.05) is 6.92 Å². The molecule has 1 aliphatic rings. The van der Waals surface area contributed by atoms with Crippen LogP contribution in [0.2, 0.25) is 0 Å². The van der Waals surface area contributed by atoms with E-state index < -0.39 is 24.9 Å². The minimum Gasteiger partial charge on any atom is -0.350 e. The molecule has 1 fully saturated rings. The van der Waals surface area contributed by atoms with Crippen LogP contribution in [0.15, 0.2) is 0 Å². The van der Waals surface area contributed by atoms with Crippen LogP contribution in [0.3, 0.4) is 0 Å². The minimum absolute atomic E-state index is 0.386. The van der Waals surface area contributed by atoms with Crippen LogP contribution in [0.25, 0.3) is 0 Å². The molecular weight excluding hydrogens is 209 g/mol. The summed E-state index contributed by atoms with van der Waals surface area (Å²) in [6.45, 7) is 3.24. The summed E-state index contributed by atoms with van der Waals surface area (Å²) < 4.78 is 35.5. The van der Waals surface area contributed by atoms with E-state index in [0.717, 1.165) is 13.0 Å². The van der Waals surface area contributed by atoms with Crippen LogP contribution in [0, 0.1) is 0 Å². The SMILES string of the molecule is CC1(NC(=O)CCC(F)(F)F)CCNC1. The Labute approximate surface area is 86.4 Å². The lowest BCUT2D eigenvalue weighted by Crippen LogP contribution is -2.47. The van der Waals surface area contributed by atoms with Crippen molar-refractivity contribution in [2.45, 2.75) is 37.9 Å². The molecule has 1 heterocycles. The van der Waals surface area contributed by atoms with Crippen molar-refractivity contribution in [3.63, 3.8) is 0 Å². The number of nitrogens with one attached hydrogen (secondary N) is 2. The number of hydrogen-bond acceptors (Lipinski definition) is 2. The third-order valence-electron chi connectivity index (χ3n) is 2.45. The standard InChI is InChI=1S/C9H15F3N2O/c1-8(4-5-13-6-8)14-7(15)2-3-9(10,11)12/h13H,2-6H2,1H3,(H,14,15). The first kappa shape index (κ1) is 12.3. The Morgan fingerprint density at radius 1 is 1.53 bits per heavy atom. The van der Waals surface area contributed by atoms with Gasteiger partial charge in [0.05, 0.1) is 12.0 Å². The molecule has 1 aliphatic heterocycles. The van der Waals surface area contributed by atoms with Gasteiger partial charge in [0.2, 0.25) is 5.91 Å². The highest BCUT2D eigenvalue weighted by molar-refractivity contribution is 5.76. The predicted octanol–water partition coefficient (Wildman–Crippen LogP) is 1.20. The van der Waals surface area contributed by atoms with E-state index in [1.165, 1.54) is 0 Å². The molecule has 2 N–H and O–H groups in total. The van der Waals surface area contributed by atoms with Gasteiger partial charge in [0, 0.05) is 13.0 Å². The van der Waals surface area contributed by atoms with Gasteiger partial charge in [-0.1, -0.05) is 0 Å². The number of carbonyl (C=O) groups excluding carboxylic acids is 1. The second kappa shape index (κ2) is 4.38. The Bertz CT molecular complexity index is 234. The summed E-state index contributed by atoms with van der Waals surface area (Å²) in [7, 11) is 0. The smallest absolute Gasteiger partial charge is 0.350 e. The number of rotatable bonds is 3. The molecule has 88 valence electrons. The maximum atomic E-state index is 11.8. The molecule has 15 heavy (non-hydrogen) atoms. The zero-order valence-electron chi connectivity index (χ0n) is 8.58. The fourth-order valence-electron chi connectivity index (χ4n) is 1.58. The quantitative estimate of drug-likeness (QED) is 0.756. The summed E-state index contributed by atoms with van der Waals surface area (Å²) in [4.78, 5) is 11.2. The van der Waals surface area contributed by atoms with E-state index in [1.54, 1.807) is 0 Å². The molecule has 0 aromatic heterocycles. The molecule has 1 amide bonds. The summed E-state index contributed by atoms with van der Waals surface area (Å²) >= 11 is 0. The van der Waals surface area contributed by atoms with Crippen LogP contribution < -0.4 is 10.6 Å². The Hall–Kier alpha value is -0.780. The van der Waals surface area contributed by atoms with E-state index in [0.29, 0.717) is 6.54 Å². The van der Waals surface area contributed by atoms with Gasteiger partial charge in [0.15, 0.2) is 0 Å². The van der Waals surface area contributed by atoms with Gasteiger partial charge in [0.1, 0.15) is 0 Å². The van der Waals surface area contributed by atoms with Crippen molar-refractivity contribution in [1.82, 2.24) is 10.6 Å². The van der Waals surface area contributed by atoms with Crippen LogP contribution in [-0.4, -0.2) is 30.7 Å². The molecule has 1 saturated heterocycles. The van der Waals surface area contributed by atoms with Gasteiger partial charge in [-0.05, 0) is 19.9 Å². The van der Waals surface area contributed by atoms with Crippen LogP contribution in [0.4, 0.5) is 13.2 Å². The Morgan fingerprint density at radius 3 is 2.67 bits per heavy atom. The minimum atomic E-state index is -4.26. The van der Waals surface area contributed by atoms with Gasteiger partial charge in [-0.25, -0.2) is 0 Å². The van der Waals surface area contributed by atoms with Crippen molar-refractivity contribution in [2.24, 2.45) is 0 Å². The highest BCUT2D eigenvalue weighted by atomic mass is 19.4. The van der Waals surface area contributed by atoms with Crippen molar-refractivity contribution in [1.29, 1.82) is 0 Å². The average Bonchev–Trinajstić information content (AvgIpc) is 2.47. The van der Waals surface area contributed by atoms with Crippen molar-refractivity contribution >= 4 is 5.91 Å². The molecule has 0 saturated carbocycles. The first-order valence-corrected chi connectivity index (χ1v) is 4.89. The number of alkyl halides is 3. The molecule has 0 aromatic carbocycles. The molecule has 0 bridgehead atoms. The number of halogens is 3. The summed E-state index contributed by atoms with van der Waals surface area (Å²) in [5.41, 5.74) is -0.386. The Morgan fingerprint density at radius 2 is 2.20 bits per heavy atom. The Kier molecular flexibility index (Phi) is 3.59. The topological polar surface area (TPSA) is 41.1 Å². The molecule has 1 rings (SSSR count). The number of carbonyl (C=O) groups is 1. The first-order valence-electron chi connectivity index (χ1n) is 4.89. The zero-order valence-corrected chi connectivity index (χ0v) is 8.58. The van der Waals surface area contributed by atoms with E-state index in [9.17, 15) is 18.0 Å². The highest BCUT2D eigenvalue weighted by Crippen LogP contribution is 2.21. The van der Waals surface area contributed by atoms with E-state index in [-0.39, 0.29) is 5.54 Å². The summed E-state index contributed by atoms with van der Waals surface area (Å²) in [6.07, 6.45) is -5.04. The molecule has 1 atom stereocenters. The second-order valence-corrected chi connectivity index (χ2v) is 4.15. The summed E-state index contributed by atoms with van der Waals surface area (Å²) in [5.74, 6) is -0.529. The molecule has 0 radical (unpaired) electrons. The fourth-order valence-corrected chi connectivity index (χ4v) is 1.58. The Balaban J connectivity index is 2.30. The maximum absolute atomic E-state index is 11.8. The molecule has 0 spiro atoms. The van der Waals surface area contributed by atoms with E-state index in [2.05, 4.69) is 10.6 Å². The van der Waals surface area contributed by atoms with E-state index >= 15 is 0 Å². The largest absolute Gasteiger partial charge is 0.389 e. The first-order chi connectivity index (χ1) is 6.81. The lowest BCUT2D eigenvalue weighted by atomic mass is 10.0. The van der Waals surface area contributed by atoms with Crippen molar-refractivity contribution in [3.8, 4) is 0 Å². The van der Waals surface area contributed by atoms with Crippen LogP contribution in [0.5, 0.6) is 0 Å². The van der Waals surface area contributed by atoms with Crippen LogP contribution in [0.1, 0.15) is 26.2 Å². The van der Waals surface area contributed by atoms with Gasteiger partial charge in [-0.2, -0.15) is 13.2 Å². The normalized spacial score (nSPS) is 26.7.